The van der Waals surface area contributed by atoms with Crippen molar-refractivity contribution in [3.63, 3.8) is 0 Å². The van der Waals surface area contributed by atoms with Crippen LogP contribution in [0.15, 0.2) is 89.2 Å². The van der Waals surface area contributed by atoms with E-state index in [1.165, 1.54) is 0 Å². The lowest BCUT2D eigenvalue weighted by atomic mass is 10.2. The molecule has 22 heavy (non-hydrogen) atoms. The summed E-state index contributed by atoms with van der Waals surface area (Å²) in [6, 6.07) is 23.4. The van der Waals surface area contributed by atoms with Gasteiger partial charge in [0.15, 0.2) is 0 Å². The minimum absolute atomic E-state index is 0.651. The molecule has 0 aliphatic carbocycles. The topological polar surface area (TPSA) is 49.6 Å². The van der Waals surface area contributed by atoms with Gasteiger partial charge >= 0.3 is 0 Å². The number of aromatic nitrogens is 1. The molecule has 0 aliphatic rings. The van der Waals surface area contributed by atoms with E-state index >= 15 is 0 Å². The van der Waals surface area contributed by atoms with Crippen LogP contribution >= 0.6 is 0 Å². The molecule has 0 saturated carbocycles. The maximum absolute atomic E-state index is 4.33. The van der Waals surface area contributed by atoms with Crippen LogP contribution in [0.5, 0.6) is 0 Å². The van der Waals surface area contributed by atoms with Gasteiger partial charge in [-0.1, -0.05) is 36.4 Å². The van der Waals surface area contributed by atoms with Gasteiger partial charge in [-0.2, -0.15) is 5.11 Å². The van der Waals surface area contributed by atoms with Crippen LogP contribution in [0.4, 0.5) is 17.1 Å². The second kappa shape index (κ2) is 7.13. The number of nitrogens with one attached hydrogen (secondary N) is 1. The van der Waals surface area contributed by atoms with Crippen molar-refractivity contribution in [3.8, 4) is 0 Å². The number of azo groups is 1. The van der Waals surface area contributed by atoms with Crippen LogP contribution < -0.4 is 5.32 Å². The molecule has 0 unspecified atom stereocenters. The quantitative estimate of drug-likeness (QED) is 0.663. The Hall–Kier alpha value is -3.01. The molecule has 1 heterocycles. The zero-order chi connectivity index (χ0) is 15.0. The largest absolute Gasteiger partial charge is 0.378 e. The molecule has 4 heteroatoms. The first-order chi connectivity index (χ1) is 10.9. The monoisotopic (exact) mass is 288 g/mol. The molecule has 0 fully saturated rings. The molecule has 2 aromatic carbocycles. The number of pyridine rings is 1. The van der Waals surface area contributed by atoms with E-state index in [9.17, 15) is 0 Å². The first kappa shape index (κ1) is 13.9. The van der Waals surface area contributed by atoms with Crippen LogP contribution in [0.2, 0.25) is 0 Å². The summed E-state index contributed by atoms with van der Waals surface area (Å²) in [5.74, 6) is 0. The average molecular weight is 288 g/mol. The van der Waals surface area contributed by atoms with Crippen molar-refractivity contribution in [2.24, 2.45) is 10.2 Å². The van der Waals surface area contributed by atoms with Crippen LogP contribution in [0.25, 0.3) is 0 Å². The third-order valence-electron chi connectivity index (χ3n) is 3.12. The molecule has 0 amide bonds. The minimum Gasteiger partial charge on any atom is -0.378 e. The molecule has 3 aromatic rings. The van der Waals surface area contributed by atoms with Gasteiger partial charge in [0.25, 0.3) is 0 Å². The molecule has 4 nitrogen and oxygen atoms in total. The molecule has 0 spiro atoms. The van der Waals surface area contributed by atoms with Crippen LogP contribution in [-0.2, 0) is 6.54 Å². The number of rotatable bonds is 5. The zero-order valence-corrected chi connectivity index (χ0v) is 12.1. The van der Waals surface area contributed by atoms with Crippen molar-refractivity contribution in [1.82, 2.24) is 4.98 Å². The molecule has 0 aliphatic heterocycles. The first-order valence-electron chi connectivity index (χ1n) is 7.11. The average Bonchev–Trinajstić information content (AvgIpc) is 2.61. The van der Waals surface area contributed by atoms with Crippen LogP contribution in [0.1, 0.15) is 5.69 Å². The smallest absolute Gasteiger partial charge is 0.109 e. The summed E-state index contributed by atoms with van der Waals surface area (Å²) < 4.78 is 0. The number of para-hydroxylation sites is 1. The Bertz CT molecular complexity index is 739. The summed E-state index contributed by atoms with van der Waals surface area (Å²) >= 11 is 0. The Morgan fingerprint density at radius 1 is 0.773 bits per heavy atom. The number of hydrogen-bond donors (Lipinski definition) is 1. The van der Waals surface area contributed by atoms with Crippen LogP contribution in [0.3, 0.4) is 0 Å². The van der Waals surface area contributed by atoms with Gasteiger partial charge in [0.2, 0.25) is 0 Å². The van der Waals surface area contributed by atoms with E-state index in [-0.39, 0.29) is 0 Å². The van der Waals surface area contributed by atoms with Gasteiger partial charge in [0, 0.05) is 6.20 Å². The lowest BCUT2D eigenvalue weighted by Gasteiger charge is -2.08. The predicted octanol–water partition coefficient (Wildman–Crippen LogP) is 5.11. The molecule has 0 atom stereocenters. The highest BCUT2D eigenvalue weighted by Gasteiger charge is 2.01. The van der Waals surface area contributed by atoms with E-state index < -0.39 is 0 Å². The maximum atomic E-state index is 4.33. The van der Waals surface area contributed by atoms with Gasteiger partial charge in [0.1, 0.15) is 5.69 Å². The van der Waals surface area contributed by atoms with Crippen LogP contribution in [0, 0.1) is 0 Å². The molecule has 0 radical (unpaired) electrons. The zero-order valence-electron chi connectivity index (χ0n) is 12.1. The van der Waals surface area contributed by atoms with Gasteiger partial charge in [-0.25, -0.2) is 0 Å². The van der Waals surface area contributed by atoms with Gasteiger partial charge in [-0.3, -0.25) is 4.98 Å². The van der Waals surface area contributed by atoms with E-state index in [1.807, 2.05) is 72.8 Å². The normalized spacial score (nSPS) is 10.7. The van der Waals surface area contributed by atoms with E-state index in [4.69, 9.17) is 0 Å². The van der Waals surface area contributed by atoms with Crippen LogP contribution in [-0.4, -0.2) is 4.98 Å². The van der Waals surface area contributed by atoms with Gasteiger partial charge in [-0.05, 0) is 36.4 Å². The van der Waals surface area contributed by atoms with Crippen molar-refractivity contribution in [2.75, 3.05) is 5.32 Å². The lowest BCUT2D eigenvalue weighted by molar-refractivity contribution is 1.04. The minimum atomic E-state index is 0.651. The fourth-order valence-electron chi connectivity index (χ4n) is 2.01. The third kappa shape index (κ3) is 3.76. The summed E-state index contributed by atoms with van der Waals surface area (Å²) in [5.41, 5.74) is 3.56. The molecular formula is C18H16N4. The summed E-state index contributed by atoms with van der Waals surface area (Å²) in [4.78, 5) is 4.30. The maximum Gasteiger partial charge on any atom is 0.109 e. The molecule has 3 rings (SSSR count). The van der Waals surface area contributed by atoms with Gasteiger partial charge in [-0.15, -0.1) is 5.11 Å². The Balaban J connectivity index is 1.74. The van der Waals surface area contributed by atoms with E-state index in [0.717, 1.165) is 22.8 Å². The Labute approximate surface area is 129 Å². The number of nitrogens with zero attached hydrogens (tertiary/aromatic N) is 3. The Kier molecular flexibility index (Phi) is 4.52. The SMILES string of the molecule is c1ccc(N=Nc2ccccc2NCc2ccccn2)cc1. The number of hydrogen-bond acceptors (Lipinski definition) is 4. The standard InChI is InChI=1S/C18H16N4/c1-2-8-15(9-3-1)21-22-18-12-5-4-11-17(18)20-14-16-10-6-7-13-19-16/h1-13,20H,14H2. The van der Waals surface area contributed by atoms with Crippen molar-refractivity contribution >= 4 is 17.1 Å². The van der Waals surface area contributed by atoms with E-state index in [2.05, 4.69) is 20.5 Å². The second-order valence-corrected chi connectivity index (χ2v) is 4.73. The van der Waals surface area contributed by atoms with Gasteiger partial charge in [0.05, 0.1) is 23.6 Å². The Morgan fingerprint density at radius 3 is 2.36 bits per heavy atom. The summed E-state index contributed by atoms with van der Waals surface area (Å²) in [7, 11) is 0. The molecule has 1 N–H and O–H groups in total. The highest BCUT2D eigenvalue weighted by Crippen LogP contribution is 2.26. The molecular weight excluding hydrogens is 272 g/mol. The van der Waals surface area contributed by atoms with Gasteiger partial charge < -0.3 is 5.32 Å². The number of anilines is 1. The fourth-order valence-corrected chi connectivity index (χ4v) is 2.01. The highest BCUT2D eigenvalue weighted by atomic mass is 15.1. The Morgan fingerprint density at radius 2 is 1.55 bits per heavy atom. The number of benzene rings is 2. The first-order valence-corrected chi connectivity index (χ1v) is 7.11. The van der Waals surface area contributed by atoms with Crippen molar-refractivity contribution in [3.05, 3.63) is 84.7 Å². The van der Waals surface area contributed by atoms with E-state index in [1.54, 1.807) is 6.20 Å². The molecule has 1 aromatic heterocycles. The summed E-state index contributed by atoms with van der Waals surface area (Å²) in [6.07, 6.45) is 1.79. The second-order valence-electron chi connectivity index (χ2n) is 4.73. The lowest BCUT2D eigenvalue weighted by Crippen LogP contribution is -2.01. The molecule has 108 valence electrons. The fraction of sp³-hybridized carbons (Fsp3) is 0.0556. The van der Waals surface area contributed by atoms with E-state index in [0.29, 0.717) is 6.54 Å². The summed E-state index contributed by atoms with van der Waals surface area (Å²) in [6.45, 7) is 0.651. The summed E-state index contributed by atoms with van der Waals surface area (Å²) in [5, 5.41) is 11.9. The predicted molar refractivity (Wildman–Crippen MR) is 88.6 cm³/mol. The van der Waals surface area contributed by atoms with Crippen molar-refractivity contribution < 1.29 is 0 Å². The van der Waals surface area contributed by atoms with Crippen molar-refractivity contribution in [2.45, 2.75) is 6.54 Å². The third-order valence-corrected chi connectivity index (χ3v) is 3.12. The van der Waals surface area contributed by atoms with Crippen molar-refractivity contribution in [1.29, 1.82) is 0 Å². The molecule has 0 bridgehead atoms. The highest BCUT2D eigenvalue weighted by molar-refractivity contribution is 5.65. The molecule has 0 saturated heterocycles.